The number of rotatable bonds is 4. The van der Waals surface area contributed by atoms with E-state index in [2.05, 4.69) is 31.3 Å². The lowest BCUT2D eigenvalue weighted by Gasteiger charge is -2.31. The molecule has 33 heavy (non-hydrogen) atoms. The zero-order chi connectivity index (χ0) is 22.4. The zero-order valence-electron chi connectivity index (χ0n) is 18.2. The SMILES string of the molecule is Cn1c(C2Cc3ccccc3O2)nnc1N1CCCC(c2nc(-c3ccc(F)cc3)no2)C1. The maximum absolute atomic E-state index is 13.2. The lowest BCUT2D eigenvalue weighted by atomic mass is 9.98. The average Bonchev–Trinajstić information content (AvgIpc) is 3.57. The number of anilines is 1. The molecule has 2 aromatic carbocycles. The van der Waals surface area contributed by atoms with Crippen LogP contribution in [-0.4, -0.2) is 38.0 Å². The van der Waals surface area contributed by atoms with Crippen molar-refractivity contribution in [3.63, 3.8) is 0 Å². The Labute approximate surface area is 190 Å². The molecule has 2 unspecified atom stereocenters. The van der Waals surface area contributed by atoms with Crippen molar-refractivity contribution in [3.8, 4) is 17.1 Å². The van der Waals surface area contributed by atoms with E-state index in [9.17, 15) is 4.39 Å². The Morgan fingerprint density at radius 1 is 1.06 bits per heavy atom. The van der Waals surface area contributed by atoms with E-state index < -0.39 is 0 Å². The second-order valence-corrected chi connectivity index (χ2v) is 8.58. The number of benzene rings is 2. The van der Waals surface area contributed by atoms with Gasteiger partial charge in [-0.25, -0.2) is 4.39 Å². The zero-order valence-corrected chi connectivity index (χ0v) is 18.2. The second-order valence-electron chi connectivity index (χ2n) is 8.58. The third kappa shape index (κ3) is 3.63. The van der Waals surface area contributed by atoms with Gasteiger partial charge in [0.1, 0.15) is 11.6 Å². The van der Waals surface area contributed by atoms with Gasteiger partial charge in [0.15, 0.2) is 11.9 Å². The summed E-state index contributed by atoms with van der Waals surface area (Å²) < 4.78 is 26.9. The largest absolute Gasteiger partial charge is 0.482 e. The lowest BCUT2D eigenvalue weighted by Crippen LogP contribution is -2.36. The molecule has 1 fully saturated rings. The van der Waals surface area contributed by atoms with E-state index in [1.807, 2.05) is 29.8 Å². The average molecular weight is 446 g/mol. The summed E-state index contributed by atoms with van der Waals surface area (Å²) in [6.07, 6.45) is 2.59. The van der Waals surface area contributed by atoms with E-state index in [0.717, 1.165) is 48.9 Å². The second kappa shape index (κ2) is 7.99. The highest BCUT2D eigenvalue weighted by atomic mass is 19.1. The molecule has 168 valence electrons. The van der Waals surface area contributed by atoms with Crippen LogP contribution in [0.4, 0.5) is 10.3 Å². The molecule has 2 aliphatic rings. The molecule has 0 spiro atoms. The molecule has 0 saturated carbocycles. The van der Waals surface area contributed by atoms with Gasteiger partial charge in [0, 0.05) is 32.1 Å². The van der Waals surface area contributed by atoms with Gasteiger partial charge in [-0.15, -0.1) is 10.2 Å². The maximum atomic E-state index is 13.2. The van der Waals surface area contributed by atoms with Crippen LogP contribution in [0.1, 0.15) is 42.1 Å². The van der Waals surface area contributed by atoms with E-state index in [-0.39, 0.29) is 17.8 Å². The molecule has 0 aliphatic carbocycles. The van der Waals surface area contributed by atoms with Gasteiger partial charge in [-0.3, -0.25) is 4.57 Å². The molecule has 6 rings (SSSR count). The van der Waals surface area contributed by atoms with Crippen molar-refractivity contribution in [1.29, 1.82) is 0 Å². The van der Waals surface area contributed by atoms with Gasteiger partial charge in [-0.2, -0.15) is 4.98 Å². The van der Waals surface area contributed by atoms with Gasteiger partial charge in [0.25, 0.3) is 0 Å². The summed E-state index contributed by atoms with van der Waals surface area (Å²) in [5.41, 5.74) is 1.92. The predicted molar refractivity (Wildman–Crippen MR) is 118 cm³/mol. The monoisotopic (exact) mass is 446 g/mol. The van der Waals surface area contributed by atoms with Gasteiger partial charge in [-0.1, -0.05) is 23.4 Å². The highest BCUT2D eigenvalue weighted by molar-refractivity contribution is 5.53. The molecular weight excluding hydrogens is 423 g/mol. The van der Waals surface area contributed by atoms with Crippen LogP contribution in [0.25, 0.3) is 11.4 Å². The van der Waals surface area contributed by atoms with Gasteiger partial charge >= 0.3 is 0 Å². The fourth-order valence-corrected chi connectivity index (χ4v) is 4.69. The summed E-state index contributed by atoms with van der Waals surface area (Å²) in [5, 5.41) is 13.1. The summed E-state index contributed by atoms with van der Waals surface area (Å²) in [6, 6.07) is 14.2. The van der Waals surface area contributed by atoms with E-state index in [1.165, 1.54) is 17.7 Å². The van der Waals surface area contributed by atoms with Crippen LogP contribution < -0.4 is 9.64 Å². The Morgan fingerprint density at radius 3 is 2.76 bits per heavy atom. The summed E-state index contributed by atoms with van der Waals surface area (Å²) >= 11 is 0. The number of fused-ring (bicyclic) bond motifs is 1. The molecule has 2 aromatic heterocycles. The van der Waals surface area contributed by atoms with Crippen LogP contribution in [0, 0.1) is 5.82 Å². The van der Waals surface area contributed by atoms with Crippen molar-refractivity contribution in [2.45, 2.75) is 31.3 Å². The number of nitrogens with zero attached hydrogens (tertiary/aromatic N) is 6. The van der Waals surface area contributed by atoms with Crippen LogP contribution in [0.2, 0.25) is 0 Å². The van der Waals surface area contributed by atoms with Crippen LogP contribution >= 0.6 is 0 Å². The minimum absolute atomic E-state index is 0.0904. The number of para-hydroxylation sites is 1. The minimum Gasteiger partial charge on any atom is -0.482 e. The molecule has 0 radical (unpaired) electrons. The normalized spacial score (nSPS) is 20.0. The van der Waals surface area contributed by atoms with Crippen molar-refractivity contribution in [2.75, 3.05) is 18.0 Å². The first-order valence-electron chi connectivity index (χ1n) is 11.1. The molecule has 4 heterocycles. The van der Waals surface area contributed by atoms with Gasteiger partial charge in [0.2, 0.25) is 17.7 Å². The maximum Gasteiger partial charge on any atom is 0.231 e. The molecule has 9 heteroatoms. The smallest absolute Gasteiger partial charge is 0.231 e. The first kappa shape index (κ1) is 19.9. The minimum atomic E-state index is -0.291. The molecule has 2 atom stereocenters. The summed E-state index contributed by atoms with van der Waals surface area (Å²) in [7, 11) is 1.99. The molecule has 8 nitrogen and oxygen atoms in total. The Bertz CT molecular complexity index is 1260. The van der Waals surface area contributed by atoms with Crippen molar-refractivity contribution in [1.82, 2.24) is 24.9 Å². The highest BCUT2D eigenvalue weighted by Gasteiger charge is 2.32. The Balaban J connectivity index is 1.19. The summed E-state index contributed by atoms with van der Waals surface area (Å²) in [5.74, 6) is 3.41. The molecule has 0 bridgehead atoms. The quantitative estimate of drug-likeness (QED) is 0.467. The van der Waals surface area contributed by atoms with Crippen molar-refractivity contribution in [3.05, 3.63) is 71.6 Å². The molecular formula is C24H23FN6O2. The highest BCUT2D eigenvalue weighted by Crippen LogP contribution is 2.37. The molecule has 0 amide bonds. The number of piperidine rings is 1. The molecule has 2 aliphatic heterocycles. The predicted octanol–water partition coefficient (Wildman–Crippen LogP) is 4.06. The summed E-state index contributed by atoms with van der Waals surface area (Å²) in [4.78, 5) is 6.80. The van der Waals surface area contributed by atoms with E-state index in [0.29, 0.717) is 18.3 Å². The van der Waals surface area contributed by atoms with Gasteiger partial charge in [-0.05, 0) is 48.7 Å². The third-order valence-electron chi connectivity index (χ3n) is 6.42. The number of hydrogen-bond donors (Lipinski definition) is 0. The third-order valence-corrected chi connectivity index (χ3v) is 6.42. The number of ether oxygens (including phenoxy) is 1. The Hall–Kier alpha value is -3.75. The molecule has 1 saturated heterocycles. The first-order chi connectivity index (χ1) is 16.2. The van der Waals surface area contributed by atoms with E-state index in [1.54, 1.807) is 12.1 Å². The number of aromatic nitrogens is 5. The van der Waals surface area contributed by atoms with Crippen LogP contribution in [0.3, 0.4) is 0 Å². The summed E-state index contributed by atoms with van der Waals surface area (Å²) in [6.45, 7) is 1.59. The molecule has 4 aromatic rings. The Morgan fingerprint density at radius 2 is 1.91 bits per heavy atom. The standard InChI is InChI=1S/C24H23FN6O2/c1-30-22(20-13-16-5-2-3-7-19(16)32-20)27-28-24(30)31-12-4-6-17(14-31)23-26-21(29-33-23)15-8-10-18(25)11-9-15/h2-3,5,7-11,17,20H,4,6,12-14H2,1H3. The van der Waals surface area contributed by atoms with Crippen molar-refractivity contribution >= 4 is 5.95 Å². The van der Waals surface area contributed by atoms with Crippen LogP contribution in [-0.2, 0) is 13.5 Å². The first-order valence-corrected chi connectivity index (χ1v) is 11.1. The fraction of sp³-hybridized carbons (Fsp3) is 0.333. The van der Waals surface area contributed by atoms with Gasteiger partial charge in [0.05, 0.1) is 5.92 Å². The van der Waals surface area contributed by atoms with Crippen molar-refractivity contribution in [2.24, 2.45) is 7.05 Å². The lowest BCUT2D eigenvalue weighted by molar-refractivity contribution is 0.223. The van der Waals surface area contributed by atoms with Crippen LogP contribution in [0.15, 0.2) is 53.1 Å². The van der Waals surface area contributed by atoms with Gasteiger partial charge < -0.3 is 14.2 Å². The van der Waals surface area contributed by atoms with Crippen molar-refractivity contribution < 1.29 is 13.7 Å². The van der Waals surface area contributed by atoms with Crippen LogP contribution in [0.5, 0.6) is 5.75 Å². The van der Waals surface area contributed by atoms with E-state index in [4.69, 9.17) is 9.26 Å². The Kier molecular flexibility index (Phi) is 4.82. The van der Waals surface area contributed by atoms with E-state index >= 15 is 0 Å². The topological polar surface area (TPSA) is 82.1 Å². The number of halogens is 1. The number of hydrogen-bond acceptors (Lipinski definition) is 7. The fourth-order valence-electron chi connectivity index (χ4n) is 4.69. The molecule has 0 N–H and O–H groups in total.